The third-order valence-electron chi connectivity index (χ3n) is 3.03. The van der Waals surface area contributed by atoms with E-state index in [0.29, 0.717) is 16.3 Å². The van der Waals surface area contributed by atoms with E-state index in [1.54, 1.807) is 30.4 Å². The van der Waals surface area contributed by atoms with E-state index in [9.17, 15) is 0 Å². The van der Waals surface area contributed by atoms with E-state index >= 15 is 0 Å². The van der Waals surface area contributed by atoms with E-state index in [-0.39, 0.29) is 0 Å². The standard InChI is InChI=1S/C15H13N5OS/c1-21-13-5-3-2-4-12(13)14-18-19-15(22)20(14)17-10-11-6-8-16-9-7-11/h2-10H,1H3,(H,19,22)/b17-10+. The van der Waals surface area contributed by atoms with Crippen molar-refractivity contribution in [2.45, 2.75) is 0 Å². The van der Waals surface area contributed by atoms with Crippen LogP contribution in [-0.4, -0.2) is 33.2 Å². The number of H-pyrrole nitrogens is 1. The predicted octanol–water partition coefficient (Wildman–Crippen LogP) is 2.89. The minimum Gasteiger partial charge on any atom is -0.496 e. The lowest BCUT2D eigenvalue weighted by Gasteiger charge is -2.06. The molecule has 7 heteroatoms. The number of pyridine rings is 1. The van der Waals surface area contributed by atoms with Crippen LogP contribution in [-0.2, 0) is 0 Å². The maximum absolute atomic E-state index is 5.37. The van der Waals surface area contributed by atoms with Gasteiger partial charge in [0, 0.05) is 12.4 Å². The molecule has 0 saturated carbocycles. The van der Waals surface area contributed by atoms with Crippen molar-refractivity contribution in [1.29, 1.82) is 0 Å². The fraction of sp³-hybridized carbons (Fsp3) is 0.0667. The number of hydrogen-bond acceptors (Lipinski definition) is 5. The molecule has 0 bridgehead atoms. The largest absolute Gasteiger partial charge is 0.496 e. The second-order valence-electron chi connectivity index (χ2n) is 4.39. The molecule has 0 aliphatic rings. The minimum atomic E-state index is 0.409. The van der Waals surface area contributed by atoms with Crippen LogP contribution < -0.4 is 4.74 Å². The number of ether oxygens (including phenoxy) is 1. The van der Waals surface area contributed by atoms with E-state index in [1.807, 2.05) is 36.4 Å². The Balaban J connectivity index is 2.05. The van der Waals surface area contributed by atoms with Crippen LogP contribution in [0.15, 0.2) is 53.9 Å². The summed E-state index contributed by atoms with van der Waals surface area (Å²) in [6.07, 6.45) is 5.11. The number of aromatic amines is 1. The zero-order valence-electron chi connectivity index (χ0n) is 11.8. The zero-order chi connectivity index (χ0) is 15.4. The normalized spacial score (nSPS) is 11.0. The van der Waals surface area contributed by atoms with Gasteiger partial charge in [0.2, 0.25) is 4.77 Å². The average molecular weight is 311 g/mol. The van der Waals surface area contributed by atoms with Crippen molar-refractivity contribution in [3.05, 3.63) is 59.1 Å². The molecule has 3 rings (SSSR count). The Labute approximate surface area is 132 Å². The Morgan fingerprint density at radius 1 is 1.23 bits per heavy atom. The molecule has 0 unspecified atom stereocenters. The Kier molecular flexibility index (Phi) is 4.06. The van der Waals surface area contributed by atoms with Crippen LogP contribution >= 0.6 is 12.2 Å². The van der Waals surface area contributed by atoms with Crippen LogP contribution in [0.3, 0.4) is 0 Å². The molecular formula is C15H13N5OS. The van der Waals surface area contributed by atoms with Gasteiger partial charge in [0.1, 0.15) is 5.75 Å². The van der Waals surface area contributed by atoms with E-state index < -0.39 is 0 Å². The van der Waals surface area contributed by atoms with Crippen molar-refractivity contribution in [1.82, 2.24) is 19.9 Å². The summed E-state index contributed by atoms with van der Waals surface area (Å²) in [6.45, 7) is 0. The molecule has 0 spiro atoms. The quantitative estimate of drug-likeness (QED) is 0.594. The third kappa shape index (κ3) is 2.79. The van der Waals surface area contributed by atoms with Crippen molar-refractivity contribution in [3.8, 4) is 17.1 Å². The van der Waals surface area contributed by atoms with Crippen LogP contribution in [0, 0.1) is 4.77 Å². The van der Waals surface area contributed by atoms with Crippen molar-refractivity contribution in [3.63, 3.8) is 0 Å². The number of aromatic nitrogens is 4. The number of nitrogens with zero attached hydrogens (tertiary/aromatic N) is 4. The highest BCUT2D eigenvalue weighted by atomic mass is 32.1. The highest BCUT2D eigenvalue weighted by Crippen LogP contribution is 2.27. The molecule has 0 atom stereocenters. The first-order valence-corrected chi connectivity index (χ1v) is 6.95. The highest BCUT2D eigenvalue weighted by Gasteiger charge is 2.12. The number of benzene rings is 1. The van der Waals surface area contributed by atoms with Crippen LogP contribution in [0.2, 0.25) is 0 Å². The second kappa shape index (κ2) is 6.31. The molecule has 1 aromatic carbocycles. The highest BCUT2D eigenvalue weighted by molar-refractivity contribution is 7.71. The van der Waals surface area contributed by atoms with Crippen molar-refractivity contribution in [2.75, 3.05) is 7.11 Å². The molecule has 0 aliphatic heterocycles. The Hall–Kier alpha value is -2.80. The minimum absolute atomic E-state index is 0.409. The van der Waals surface area contributed by atoms with Crippen LogP contribution in [0.25, 0.3) is 11.4 Å². The lowest BCUT2D eigenvalue weighted by atomic mass is 10.2. The lowest BCUT2D eigenvalue weighted by Crippen LogP contribution is -1.97. The molecule has 2 aromatic heterocycles. The molecule has 110 valence electrons. The molecule has 0 saturated heterocycles. The maximum Gasteiger partial charge on any atom is 0.216 e. The molecule has 2 heterocycles. The van der Waals surface area contributed by atoms with Gasteiger partial charge in [-0.2, -0.15) is 14.9 Å². The summed E-state index contributed by atoms with van der Waals surface area (Å²) in [4.78, 5) is 3.97. The second-order valence-corrected chi connectivity index (χ2v) is 4.78. The molecule has 0 radical (unpaired) electrons. The van der Waals surface area contributed by atoms with Crippen LogP contribution in [0.1, 0.15) is 5.56 Å². The van der Waals surface area contributed by atoms with Gasteiger partial charge in [-0.3, -0.25) is 4.98 Å². The lowest BCUT2D eigenvalue weighted by molar-refractivity contribution is 0.416. The van der Waals surface area contributed by atoms with E-state index in [4.69, 9.17) is 17.0 Å². The van der Waals surface area contributed by atoms with Gasteiger partial charge in [0.25, 0.3) is 0 Å². The molecule has 0 fully saturated rings. The maximum atomic E-state index is 5.37. The van der Waals surface area contributed by atoms with Gasteiger partial charge in [0.05, 0.1) is 18.9 Å². The molecular weight excluding hydrogens is 298 g/mol. The van der Waals surface area contributed by atoms with Gasteiger partial charge in [-0.15, -0.1) is 0 Å². The van der Waals surface area contributed by atoms with Gasteiger partial charge < -0.3 is 4.74 Å². The number of methoxy groups -OCH3 is 1. The summed E-state index contributed by atoms with van der Waals surface area (Å²) >= 11 is 5.25. The van der Waals surface area contributed by atoms with E-state index in [1.165, 1.54) is 0 Å². The molecule has 1 N–H and O–H groups in total. The topological polar surface area (TPSA) is 68.1 Å². The molecule has 22 heavy (non-hydrogen) atoms. The summed E-state index contributed by atoms with van der Waals surface area (Å²) in [5.41, 5.74) is 1.73. The SMILES string of the molecule is COc1ccccc1-c1n[nH]c(=S)n1/N=C/c1ccncc1. The van der Waals surface area contributed by atoms with Gasteiger partial charge in [0.15, 0.2) is 5.82 Å². The first kappa shape index (κ1) is 14.2. The summed E-state index contributed by atoms with van der Waals surface area (Å²) < 4.78 is 7.34. The fourth-order valence-corrected chi connectivity index (χ4v) is 2.16. The van der Waals surface area contributed by atoms with Crippen LogP contribution in [0.5, 0.6) is 5.75 Å². The molecule has 0 amide bonds. The van der Waals surface area contributed by atoms with Crippen molar-refractivity contribution >= 4 is 18.4 Å². The Morgan fingerprint density at radius 3 is 2.77 bits per heavy atom. The molecule has 0 aliphatic carbocycles. The Morgan fingerprint density at radius 2 is 2.00 bits per heavy atom. The molecule has 6 nitrogen and oxygen atoms in total. The number of hydrogen-bond donors (Lipinski definition) is 1. The summed E-state index contributed by atoms with van der Waals surface area (Å²) in [6, 6.07) is 11.3. The van der Waals surface area contributed by atoms with Gasteiger partial charge in [-0.25, -0.2) is 5.10 Å². The zero-order valence-corrected chi connectivity index (χ0v) is 12.6. The van der Waals surface area contributed by atoms with Gasteiger partial charge in [-0.05, 0) is 42.0 Å². The van der Waals surface area contributed by atoms with Crippen LogP contribution in [0.4, 0.5) is 0 Å². The van der Waals surface area contributed by atoms with Crippen molar-refractivity contribution in [2.24, 2.45) is 5.10 Å². The number of para-hydroxylation sites is 1. The predicted molar refractivity (Wildman–Crippen MR) is 86.6 cm³/mol. The fourth-order valence-electron chi connectivity index (χ4n) is 1.98. The van der Waals surface area contributed by atoms with E-state index in [0.717, 1.165) is 11.1 Å². The summed E-state index contributed by atoms with van der Waals surface area (Å²) in [5, 5.41) is 11.4. The van der Waals surface area contributed by atoms with Gasteiger partial charge in [-0.1, -0.05) is 12.1 Å². The smallest absolute Gasteiger partial charge is 0.216 e. The first-order valence-electron chi connectivity index (χ1n) is 6.55. The number of rotatable bonds is 4. The average Bonchev–Trinajstić information content (AvgIpc) is 2.94. The van der Waals surface area contributed by atoms with Gasteiger partial charge >= 0.3 is 0 Å². The van der Waals surface area contributed by atoms with E-state index in [2.05, 4.69) is 20.3 Å². The number of nitrogens with one attached hydrogen (secondary N) is 1. The first-order chi connectivity index (χ1) is 10.8. The Bertz CT molecular complexity index is 854. The molecule has 3 aromatic rings. The summed E-state index contributed by atoms with van der Waals surface area (Å²) in [5.74, 6) is 1.30. The van der Waals surface area contributed by atoms with Crippen molar-refractivity contribution < 1.29 is 4.74 Å². The monoisotopic (exact) mass is 311 g/mol. The third-order valence-corrected chi connectivity index (χ3v) is 3.29. The summed E-state index contributed by atoms with van der Waals surface area (Å²) in [7, 11) is 1.62.